The fourth-order valence-electron chi connectivity index (χ4n) is 2.14. The highest BCUT2D eigenvalue weighted by atomic mass is 35.5. The van der Waals surface area contributed by atoms with Crippen LogP contribution in [0.1, 0.15) is 20.3 Å². The Labute approximate surface area is 125 Å². The SMILES string of the molecule is CCC1NC(=O)C(C)N(c2cc(Cl)c(F)c(Cl)c2)C1=O. The number of piperazine rings is 1. The molecule has 1 aliphatic heterocycles. The van der Waals surface area contributed by atoms with E-state index >= 15 is 0 Å². The zero-order chi connectivity index (χ0) is 15.0. The van der Waals surface area contributed by atoms with Gasteiger partial charge in [-0.2, -0.15) is 0 Å². The van der Waals surface area contributed by atoms with Crippen molar-refractivity contribution in [3.05, 3.63) is 28.0 Å². The largest absolute Gasteiger partial charge is 0.343 e. The van der Waals surface area contributed by atoms with Crippen LogP contribution in [0, 0.1) is 5.82 Å². The Bertz CT molecular complexity index is 556. The molecule has 0 bridgehead atoms. The molecular weight excluding hydrogens is 306 g/mol. The van der Waals surface area contributed by atoms with Gasteiger partial charge in [-0.1, -0.05) is 30.1 Å². The predicted octanol–water partition coefficient (Wildman–Crippen LogP) is 2.76. The molecule has 108 valence electrons. The molecule has 2 amide bonds. The Morgan fingerprint density at radius 1 is 1.30 bits per heavy atom. The number of hydrogen-bond acceptors (Lipinski definition) is 2. The smallest absolute Gasteiger partial charge is 0.250 e. The molecule has 0 aliphatic carbocycles. The van der Waals surface area contributed by atoms with Gasteiger partial charge in [-0.3, -0.25) is 14.5 Å². The number of halogens is 3. The maximum absolute atomic E-state index is 13.4. The Morgan fingerprint density at radius 3 is 2.35 bits per heavy atom. The summed E-state index contributed by atoms with van der Waals surface area (Å²) in [5, 5.41) is 2.26. The maximum Gasteiger partial charge on any atom is 0.250 e. The lowest BCUT2D eigenvalue weighted by molar-refractivity contribution is -0.133. The Morgan fingerprint density at radius 2 is 1.85 bits per heavy atom. The van der Waals surface area contributed by atoms with Crippen molar-refractivity contribution in [2.24, 2.45) is 0 Å². The number of carbonyl (C=O) groups excluding carboxylic acids is 2. The van der Waals surface area contributed by atoms with E-state index in [1.54, 1.807) is 13.8 Å². The van der Waals surface area contributed by atoms with Gasteiger partial charge in [0.15, 0.2) is 5.82 Å². The third-order valence-corrected chi connectivity index (χ3v) is 3.82. The van der Waals surface area contributed by atoms with Crippen molar-refractivity contribution < 1.29 is 14.0 Å². The predicted molar refractivity (Wildman–Crippen MR) is 75.6 cm³/mol. The topological polar surface area (TPSA) is 49.4 Å². The summed E-state index contributed by atoms with van der Waals surface area (Å²) in [7, 11) is 0. The van der Waals surface area contributed by atoms with E-state index in [1.807, 2.05) is 0 Å². The van der Waals surface area contributed by atoms with Crippen molar-refractivity contribution in [1.29, 1.82) is 0 Å². The first-order chi connectivity index (χ1) is 9.36. The van der Waals surface area contributed by atoms with Crippen LogP contribution in [0.3, 0.4) is 0 Å². The molecule has 2 atom stereocenters. The fraction of sp³-hybridized carbons (Fsp3) is 0.385. The van der Waals surface area contributed by atoms with Crippen molar-refractivity contribution in [3.8, 4) is 0 Å². The van der Waals surface area contributed by atoms with Crippen molar-refractivity contribution in [1.82, 2.24) is 5.32 Å². The molecule has 1 fully saturated rings. The summed E-state index contributed by atoms with van der Waals surface area (Å²) in [5.41, 5.74) is 0.312. The van der Waals surface area contributed by atoms with Gasteiger partial charge in [-0.05, 0) is 25.5 Å². The van der Waals surface area contributed by atoms with E-state index in [-0.39, 0.29) is 21.9 Å². The Balaban J connectivity index is 2.48. The number of benzene rings is 1. The van der Waals surface area contributed by atoms with Gasteiger partial charge in [-0.25, -0.2) is 4.39 Å². The number of hydrogen-bond donors (Lipinski definition) is 1. The molecule has 1 heterocycles. The molecule has 2 rings (SSSR count). The highest BCUT2D eigenvalue weighted by Crippen LogP contribution is 2.31. The molecule has 1 N–H and O–H groups in total. The van der Waals surface area contributed by atoms with E-state index in [9.17, 15) is 14.0 Å². The van der Waals surface area contributed by atoms with Crippen molar-refractivity contribution >= 4 is 40.7 Å². The molecule has 0 spiro atoms. The summed E-state index contributed by atoms with van der Waals surface area (Å²) in [6.45, 7) is 3.38. The van der Waals surface area contributed by atoms with E-state index in [0.29, 0.717) is 12.1 Å². The third kappa shape index (κ3) is 2.47. The monoisotopic (exact) mass is 318 g/mol. The van der Waals surface area contributed by atoms with E-state index in [1.165, 1.54) is 17.0 Å². The van der Waals surface area contributed by atoms with E-state index in [2.05, 4.69) is 5.32 Å². The van der Waals surface area contributed by atoms with Crippen LogP contribution in [0.4, 0.5) is 10.1 Å². The highest BCUT2D eigenvalue weighted by Gasteiger charge is 2.38. The first-order valence-corrected chi connectivity index (χ1v) is 6.90. The zero-order valence-corrected chi connectivity index (χ0v) is 12.4. The molecule has 7 heteroatoms. The number of rotatable bonds is 2. The van der Waals surface area contributed by atoms with Gasteiger partial charge in [0.25, 0.3) is 0 Å². The molecule has 2 unspecified atom stereocenters. The number of anilines is 1. The zero-order valence-electron chi connectivity index (χ0n) is 10.9. The van der Waals surface area contributed by atoms with Crippen LogP contribution < -0.4 is 10.2 Å². The average molecular weight is 319 g/mol. The van der Waals surface area contributed by atoms with Crippen molar-refractivity contribution in [2.45, 2.75) is 32.4 Å². The molecule has 0 radical (unpaired) electrons. The summed E-state index contributed by atoms with van der Waals surface area (Å²) in [5.74, 6) is -1.28. The number of nitrogens with one attached hydrogen (secondary N) is 1. The second-order valence-electron chi connectivity index (χ2n) is 4.58. The molecule has 1 saturated heterocycles. The van der Waals surface area contributed by atoms with E-state index < -0.39 is 17.9 Å². The number of carbonyl (C=O) groups is 2. The van der Waals surface area contributed by atoms with Crippen molar-refractivity contribution in [2.75, 3.05) is 4.90 Å². The van der Waals surface area contributed by atoms with Crippen LogP contribution in [-0.2, 0) is 9.59 Å². The number of nitrogens with zero attached hydrogens (tertiary/aromatic N) is 1. The van der Waals surface area contributed by atoms with E-state index in [0.717, 1.165) is 0 Å². The summed E-state index contributed by atoms with van der Waals surface area (Å²) in [6.07, 6.45) is 0.469. The molecule has 1 aliphatic rings. The second kappa shape index (κ2) is 5.58. The van der Waals surface area contributed by atoms with Gasteiger partial charge in [0, 0.05) is 5.69 Å². The number of amides is 2. The van der Waals surface area contributed by atoms with Gasteiger partial charge in [0.2, 0.25) is 11.8 Å². The molecule has 0 saturated carbocycles. The molecule has 1 aromatic rings. The van der Waals surface area contributed by atoms with Crippen LogP contribution >= 0.6 is 23.2 Å². The highest BCUT2D eigenvalue weighted by molar-refractivity contribution is 6.35. The standard InChI is InChI=1S/C13H13Cl2FN2O2/c1-3-10-13(20)18(6(2)12(19)17-10)7-4-8(14)11(16)9(15)5-7/h4-6,10H,3H2,1-2H3,(H,17,19). The lowest BCUT2D eigenvalue weighted by atomic mass is 10.1. The van der Waals surface area contributed by atoms with Crippen LogP contribution in [0.5, 0.6) is 0 Å². The molecule has 1 aromatic carbocycles. The normalized spacial score (nSPS) is 22.9. The third-order valence-electron chi connectivity index (χ3n) is 3.27. The van der Waals surface area contributed by atoms with Gasteiger partial charge in [0.05, 0.1) is 10.0 Å². The first-order valence-electron chi connectivity index (χ1n) is 6.14. The minimum Gasteiger partial charge on any atom is -0.343 e. The lowest BCUT2D eigenvalue weighted by Gasteiger charge is -2.37. The summed E-state index contributed by atoms with van der Waals surface area (Å²) in [6, 6.07) is 1.29. The second-order valence-corrected chi connectivity index (χ2v) is 5.39. The fourth-order valence-corrected chi connectivity index (χ4v) is 2.61. The lowest BCUT2D eigenvalue weighted by Crippen LogP contribution is -2.62. The average Bonchev–Trinajstić information content (AvgIpc) is 2.40. The van der Waals surface area contributed by atoms with Gasteiger partial charge in [0.1, 0.15) is 12.1 Å². The quantitative estimate of drug-likeness (QED) is 0.852. The minimum atomic E-state index is -0.745. The Hall–Kier alpha value is -1.33. The van der Waals surface area contributed by atoms with Gasteiger partial charge in [-0.15, -0.1) is 0 Å². The molecule has 0 aromatic heterocycles. The minimum absolute atomic E-state index is 0.188. The molecule has 4 nitrogen and oxygen atoms in total. The maximum atomic E-state index is 13.4. The van der Waals surface area contributed by atoms with Gasteiger partial charge < -0.3 is 5.32 Å². The summed E-state index contributed by atoms with van der Waals surface area (Å²) in [4.78, 5) is 25.5. The Kier molecular flexibility index (Phi) is 4.20. The van der Waals surface area contributed by atoms with Crippen LogP contribution in [0.2, 0.25) is 10.0 Å². The van der Waals surface area contributed by atoms with Crippen LogP contribution in [-0.4, -0.2) is 23.9 Å². The summed E-state index contributed by atoms with van der Waals surface area (Å²) < 4.78 is 13.4. The van der Waals surface area contributed by atoms with E-state index in [4.69, 9.17) is 23.2 Å². The molecular formula is C13H13Cl2FN2O2. The summed E-state index contributed by atoms with van der Waals surface area (Å²) >= 11 is 11.5. The first kappa shape index (κ1) is 15.1. The van der Waals surface area contributed by atoms with Crippen LogP contribution in [0.15, 0.2) is 12.1 Å². The molecule has 20 heavy (non-hydrogen) atoms. The van der Waals surface area contributed by atoms with Gasteiger partial charge >= 0.3 is 0 Å². The van der Waals surface area contributed by atoms with Crippen LogP contribution in [0.25, 0.3) is 0 Å². The van der Waals surface area contributed by atoms with Crippen molar-refractivity contribution in [3.63, 3.8) is 0 Å².